The van der Waals surface area contributed by atoms with Crippen LogP contribution >= 0.6 is 0 Å². The van der Waals surface area contributed by atoms with Crippen LogP contribution in [-0.2, 0) is 0 Å². The molecule has 1 heterocycles. The highest BCUT2D eigenvalue weighted by Crippen LogP contribution is 2.22. The molecule has 0 aliphatic rings. The Kier molecular flexibility index (Phi) is 2.71. The Morgan fingerprint density at radius 1 is 1.29 bits per heavy atom. The van der Waals surface area contributed by atoms with Crippen LogP contribution in [0.1, 0.15) is 15.9 Å². The maximum Gasteiger partial charge on any atom is 0.335 e. The van der Waals surface area contributed by atoms with Crippen LogP contribution in [0.25, 0.3) is 10.9 Å². The van der Waals surface area contributed by atoms with E-state index in [0.29, 0.717) is 5.56 Å². The fraction of sp³-hybridized carbons (Fsp3) is 0.231. The summed E-state index contributed by atoms with van der Waals surface area (Å²) in [7, 11) is 3.86. The molecule has 0 unspecified atom stereocenters. The summed E-state index contributed by atoms with van der Waals surface area (Å²) in [6.07, 6.45) is 0. The average molecular weight is 230 g/mol. The predicted octanol–water partition coefficient (Wildman–Crippen LogP) is 2.31. The van der Waals surface area contributed by atoms with Crippen LogP contribution in [0, 0.1) is 6.92 Å². The summed E-state index contributed by atoms with van der Waals surface area (Å²) in [4.78, 5) is 17.3. The van der Waals surface area contributed by atoms with E-state index < -0.39 is 5.97 Å². The van der Waals surface area contributed by atoms with Crippen molar-refractivity contribution in [1.82, 2.24) is 4.98 Å². The molecular weight excluding hydrogens is 216 g/mol. The van der Waals surface area contributed by atoms with Crippen molar-refractivity contribution < 1.29 is 9.90 Å². The van der Waals surface area contributed by atoms with Gasteiger partial charge in [0.15, 0.2) is 0 Å². The molecule has 0 radical (unpaired) electrons. The number of hydrogen-bond acceptors (Lipinski definition) is 3. The summed E-state index contributed by atoms with van der Waals surface area (Å²) in [6, 6.07) is 6.95. The van der Waals surface area contributed by atoms with Gasteiger partial charge in [0.1, 0.15) is 5.82 Å². The van der Waals surface area contributed by atoms with Crippen molar-refractivity contribution in [2.45, 2.75) is 6.92 Å². The summed E-state index contributed by atoms with van der Waals surface area (Å²) in [5.41, 5.74) is 2.14. The highest BCUT2D eigenvalue weighted by Gasteiger charge is 2.08. The van der Waals surface area contributed by atoms with Gasteiger partial charge in [-0.3, -0.25) is 0 Å². The predicted molar refractivity (Wildman–Crippen MR) is 67.8 cm³/mol. The molecule has 0 fully saturated rings. The number of benzene rings is 1. The van der Waals surface area contributed by atoms with Gasteiger partial charge in [-0.1, -0.05) is 0 Å². The lowest BCUT2D eigenvalue weighted by molar-refractivity contribution is 0.0697. The van der Waals surface area contributed by atoms with Crippen LogP contribution in [0.5, 0.6) is 0 Å². The molecule has 17 heavy (non-hydrogen) atoms. The first-order valence-corrected chi connectivity index (χ1v) is 5.31. The van der Waals surface area contributed by atoms with Crippen LogP contribution < -0.4 is 4.90 Å². The van der Waals surface area contributed by atoms with Crippen LogP contribution in [-0.4, -0.2) is 30.2 Å². The Labute approximate surface area is 99.5 Å². The zero-order chi connectivity index (χ0) is 12.6. The quantitative estimate of drug-likeness (QED) is 0.860. The Hall–Kier alpha value is -2.10. The zero-order valence-electron chi connectivity index (χ0n) is 10.1. The van der Waals surface area contributed by atoms with Gasteiger partial charge in [0, 0.05) is 19.5 Å². The number of pyridine rings is 1. The van der Waals surface area contributed by atoms with E-state index >= 15 is 0 Å². The van der Waals surface area contributed by atoms with E-state index in [-0.39, 0.29) is 0 Å². The first-order valence-electron chi connectivity index (χ1n) is 5.31. The average Bonchev–Trinajstić information content (AvgIpc) is 2.28. The lowest BCUT2D eigenvalue weighted by Gasteiger charge is -2.13. The molecule has 88 valence electrons. The molecule has 2 aromatic rings. The van der Waals surface area contributed by atoms with Gasteiger partial charge in [-0.15, -0.1) is 0 Å². The van der Waals surface area contributed by atoms with Crippen molar-refractivity contribution >= 4 is 22.7 Å². The molecule has 4 heteroatoms. The van der Waals surface area contributed by atoms with Crippen molar-refractivity contribution in [3.8, 4) is 0 Å². The van der Waals surface area contributed by atoms with Crippen LogP contribution in [0.4, 0.5) is 5.82 Å². The summed E-state index contributed by atoms with van der Waals surface area (Å²) >= 11 is 0. The Bertz CT molecular complexity index is 591. The van der Waals surface area contributed by atoms with Gasteiger partial charge >= 0.3 is 5.97 Å². The largest absolute Gasteiger partial charge is 0.478 e. The number of fused-ring (bicyclic) bond motifs is 1. The third-order valence-electron chi connectivity index (χ3n) is 2.71. The number of nitrogens with zero attached hydrogens (tertiary/aromatic N) is 2. The third-order valence-corrected chi connectivity index (χ3v) is 2.71. The van der Waals surface area contributed by atoms with E-state index in [1.54, 1.807) is 18.2 Å². The number of aryl methyl sites for hydroxylation is 1. The molecule has 4 nitrogen and oxygen atoms in total. The second-order valence-electron chi connectivity index (χ2n) is 4.23. The smallest absolute Gasteiger partial charge is 0.335 e. The Morgan fingerprint density at radius 3 is 2.59 bits per heavy atom. The van der Waals surface area contributed by atoms with Gasteiger partial charge < -0.3 is 10.0 Å². The highest BCUT2D eigenvalue weighted by molar-refractivity contribution is 5.94. The van der Waals surface area contributed by atoms with E-state index in [1.807, 2.05) is 32.0 Å². The van der Waals surface area contributed by atoms with Gasteiger partial charge in [0.2, 0.25) is 0 Å². The molecular formula is C13H14N2O2. The van der Waals surface area contributed by atoms with E-state index in [9.17, 15) is 4.79 Å². The maximum absolute atomic E-state index is 10.9. The Morgan fingerprint density at radius 2 is 2.00 bits per heavy atom. The normalized spacial score (nSPS) is 10.5. The summed E-state index contributed by atoms with van der Waals surface area (Å²) in [5, 5.41) is 9.83. The van der Waals surface area contributed by atoms with Crippen LogP contribution in [0.3, 0.4) is 0 Å². The second kappa shape index (κ2) is 4.05. The molecule has 0 atom stereocenters. The fourth-order valence-corrected chi connectivity index (χ4v) is 1.74. The lowest BCUT2D eigenvalue weighted by Crippen LogP contribution is -2.11. The number of hydrogen-bond donors (Lipinski definition) is 1. The van der Waals surface area contributed by atoms with Crippen molar-refractivity contribution in [1.29, 1.82) is 0 Å². The molecule has 0 saturated heterocycles. The molecule has 0 aliphatic heterocycles. The molecule has 0 bridgehead atoms. The molecule has 0 aliphatic carbocycles. The Balaban J connectivity index is 2.68. The molecule has 0 spiro atoms. The van der Waals surface area contributed by atoms with E-state index in [2.05, 4.69) is 4.98 Å². The summed E-state index contributed by atoms with van der Waals surface area (Å²) < 4.78 is 0. The number of carboxylic acid groups (broad SMARTS) is 1. The number of anilines is 1. The number of carbonyl (C=O) groups is 1. The number of aromatic carboxylic acids is 1. The van der Waals surface area contributed by atoms with Crippen LogP contribution in [0.2, 0.25) is 0 Å². The van der Waals surface area contributed by atoms with Crippen molar-refractivity contribution in [2.75, 3.05) is 19.0 Å². The van der Waals surface area contributed by atoms with E-state index in [1.165, 1.54) is 0 Å². The topological polar surface area (TPSA) is 53.4 Å². The number of carboxylic acids is 1. The maximum atomic E-state index is 10.9. The van der Waals surface area contributed by atoms with Gasteiger partial charge in [0.25, 0.3) is 0 Å². The van der Waals surface area contributed by atoms with E-state index in [4.69, 9.17) is 5.11 Å². The molecule has 0 saturated carbocycles. The third kappa shape index (κ3) is 2.06. The monoisotopic (exact) mass is 230 g/mol. The standard InChI is InChI=1S/C13H14N2O2/c1-8-6-12(15(2)3)14-11-5-4-9(13(16)17)7-10(8)11/h4-7H,1-3H3,(H,16,17). The molecule has 1 N–H and O–H groups in total. The minimum Gasteiger partial charge on any atom is -0.478 e. The first-order chi connectivity index (χ1) is 7.99. The number of rotatable bonds is 2. The van der Waals surface area contributed by atoms with Crippen LogP contribution in [0.15, 0.2) is 24.3 Å². The van der Waals surface area contributed by atoms with Gasteiger partial charge in [0.05, 0.1) is 11.1 Å². The molecule has 1 aromatic heterocycles. The van der Waals surface area contributed by atoms with Crippen molar-refractivity contribution in [2.24, 2.45) is 0 Å². The fourth-order valence-electron chi connectivity index (χ4n) is 1.74. The van der Waals surface area contributed by atoms with Crippen molar-refractivity contribution in [3.63, 3.8) is 0 Å². The zero-order valence-corrected chi connectivity index (χ0v) is 10.1. The molecule has 0 amide bonds. The molecule has 2 rings (SSSR count). The summed E-state index contributed by atoms with van der Waals surface area (Å²) in [6.45, 7) is 1.96. The number of aromatic nitrogens is 1. The first kappa shape index (κ1) is 11.4. The van der Waals surface area contributed by atoms with E-state index in [0.717, 1.165) is 22.3 Å². The highest BCUT2D eigenvalue weighted by atomic mass is 16.4. The van der Waals surface area contributed by atoms with Crippen molar-refractivity contribution in [3.05, 3.63) is 35.4 Å². The summed E-state index contributed by atoms with van der Waals surface area (Å²) in [5.74, 6) is -0.0407. The second-order valence-corrected chi connectivity index (χ2v) is 4.23. The van der Waals surface area contributed by atoms with Gasteiger partial charge in [-0.25, -0.2) is 9.78 Å². The minimum absolute atomic E-state index is 0.292. The molecule has 1 aromatic carbocycles. The minimum atomic E-state index is -0.914. The van der Waals surface area contributed by atoms with Gasteiger partial charge in [-0.05, 0) is 36.8 Å². The SMILES string of the molecule is Cc1cc(N(C)C)nc2ccc(C(=O)O)cc12. The van der Waals surface area contributed by atoms with Gasteiger partial charge in [-0.2, -0.15) is 0 Å². The lowest BCUT2D eigenvalue weighted by atomic mass is 10.1.